The molecule has 0 aliphatic carbocycles. The van der Waals surface area contributed by atoms with Crippen LogP contribution in [0.4, 0.5) is 11.4 Å². The first-order chi connectivity index (χ1) is 14.2. The lowest BCUT2D eigenvalue weighted by molar-refractivity contribution is -0.385. The quantitative estimate of drug-likeness (QED) is 0.284. The predicted molar refractivity (Wildman–Crippen MR) is 110 cm³/mol. The van der Waals surface area contributed by atoms with Gasteiger partial charge in [-0.1, -0.05) is 6.07 Å². The van der Waals surface area contributed by atoms with Gasteiger partial charge in [-0.2, -0.15) is 5.10 Å². The molecule has 3 rings (SSSR count). The number of anilines is 1. The van der Waals surface area contributed by atoms with Crippen LogP contribution >= 0.6 is 12.2 Å². The fourth-order valence-electron chi connectivity index (χ4n) is 2.47. The minimum Gasteiger partial charge on any atom is -0.345 e. The second kappa shape index (κ2) is 8.42. The fraction of sp³-hybridized carbons (Fsp3) is 0.118. The number of aromatic amines is 1. The molecular formula is C17H16N6O5S2. The number of benzene rings is 2. The van der Waals surface area contributed by atoms with E-state index in [4.69, 9.17) is 12.2 Å². The predicted octanol–water partition coefficient (Wildman–Crippen LogP) is 2.12. The molecule has 1 amide bonds. The van der Waals surface area contributed by atoms with Crippen molar-refractivity contribution in [1.29, 1.82) is 0 Å². The van der Waals surface area contributed by atoms with Gasteiger partial charge in [-0.25, -0.2) is 8.42 Å². The number of aromatic nitrogens is 3. The molecule has 13 heteroatoms. The summed E-state index contributed by atoms with van der Waals surface area (Å²) >= 11 is 5.00. The molecule has 11 nitrogen and oxygen atoms in total. The van der Waals surface area contributed by atoms with E-state index in [2.05, 4.69) is 20.2 Å². The Kier molecular flexibility index (Phi) is 5.94. The summed E-state index contributed by atoms with van der Waals surface area (Å²) in [6, 6.07) is 10.4. The van der Waals surface area contributed by atoms with Gasteiger partial charge in [0.1, 0.15) is 0 Å². The number of nitro benzene ring substituents is 1. The number of nitrogens with zero attached hydrogens (tertiary/aromatic N) is 3. The maximum Gasteiger partial charge on any atom is 0.270 e. The standard InChI is InChI=1S/C17H16N6O5S2/c1-22-15(19-20-17(22)29)10-18-16(24)11-5-7-12(8-6-11)21-30(27,28)14-4-2-3-13(9-14)23(25)26/h2-9,21H,10H2,1H3,(H,18,24)(H,20,29). The zero-order valence-electron chi connectivity index (χ0n) is 15.5. The lowest BCUT2D eigenvalue weighted by Crippen LogP contribution is -2.24. The van der Waals surface area contributed by atoms with Crippen molar-refractivity contribution in [2.75, 3.05) is 4.72 Å². The maximum absolute atomic E-state index is 12.5. The van der Waals surface area contributed by atoms with Crippen LogP contribution in [-0.4, -0.2) is 34.0 Å². The Bertz CT molecular complexity index is 1260. The van der Waals surface area contributed by atoms with Crippen molar-refractivity contribution in [3.05, 3.63) is 74.8 Å². The molecule has 156 valence electrons. The maximum atomic E-state index is 12.5. The van der Waals surface area contributed by atoms with Crippen LogP contribution in [-0.2, 0) is 23.6 Å². The number of hydrogen-bond acceptors (Lipinski definition) is 7. The van der Waals surface area contributed by atoms with Gasteiger partial charge in [-0.15, -0.1) is 0 Å². The number of nitrogens with one attached hydrogen (secondary N) is 3. The highest BCUT2D eigenvalue weighted by Gasteiger charge is 2.18. The van der Waals surface area contributed by atoms with E-state index < -0.39 is 14.9 Å². The van der Waals surface area contributed by atoms with Crippen molar-refractivity contribution in [3.8, 4) is 0 Å². The van der Waals surface area contributed by atoms with Crippen LogP contribution in [0.1, 0.15) is 16.2 Å². The van der Waals surface area contributed by atoms with Crippen LogP contribution in [0.25, 0.3) is 0 Å². The van der Waals surface area contributed by atoms with E-state index in [0.717, 1.165) is 6.07 Å². The molecule has 0 atom stereocenters. The Labute approximate surface area is 176 Å². The SMILES string of the molecule is Cn1c(CNC(=O)c2ccc(NS(=O)(=O)c3cccc([N+](=O)[O-])c3)cc2)n[nH]c1=S. The zero-order chi connectivity index (χ0) is 21.9. The van der Waals surface area contributed by atoms with Crippen LogP contribution in [0.2, 0.25) is 0 Å². The molecule has 1 aromatic heterocycles. The van der Waals surface area contributed by atoms with Crippen molar-refractivity contribution < 1.29 is 18.1 Å². The minimum absolute atomic E-state index is 0.156. The van der Waals surface area contributed by atoms with Crippen LogP contribution in [0, 0.1) is 14.9 Å². The third-order valence-electron chi connectivity index (χ3n) is 4.12. The van der Waals surface area contributed by atoms with Gasteiger partial charge >= 0.3 is 0 Å². The zero-order valence-corrected chi connectivity index (χ0v) is 17.2. The number of carbonyl (C=O) groups is 1. The second-order valence-electron chi connectivity index (χ2n) is 6.12. The van der Waals surface area contributed by atoms with E-state index in [-0.39, 0.29) is 28.7 Å². The third-order valence-corrected chi connectivity index (χ3v) is 5.86. The second-order valence-corrected chi connectivity index (χ2v) is 8.19. The Balaban J connectivity index is 1.68. The van der Waals surface area contributed by atoms with Crippen molar-refractivity contribution in [3.63, 3.8) is 0 Å². The molecule has 0 aliphatic heterocycles. The van der Waals surface area contributed by atoms with Crippen molar-refractivity contribution in [2.45, 2.75) is 11.4 Å². The third kappa shape index (κ3) is 4.69. The first-order valence-corrected chi connectivity index (χ1v) is 10.3. The molecule has 3 N–H and O–H groups in total. The summed E-state index contributed by atoms with van der Waals surface area (Å²) in [5.74, 6) is 0.173. The van der Waals surface area contributed by atoms with Gasteiger partial charge in [-0.05, 0) is 42.5 Å². The largest absolute Gasteiger partial charge is 0.345 e. The summed E-state index contributed by atoms with van der Waals surface area (Å²) in [5, 5.41) is 20.1. The smallest absolute Gasteiger partial charge is 0.270 e. The average Bonchev–Trinajstić information content (AvgIpc) is 3.04. The summed E-state index contributed by atoms with van der Waals surface area (Å²) in [6.07, 6.45) is 0. The van der Waals surface area contributed by atoms with Crippen LogP contribution < -0.4 is 10.0 Å². The molecule has 0 saturated heterocycles. The Morgan fingerprint density at radius 2 is 1.97 bits per heavy atom. The molecule has 0 bridgehead atoms. The van der Waals surface area contributed by atoms with E-state index in [9.17, 15) is 23.3 Å². The molecule has 3 aromatic rings. The normalized spacial score (nSPS) is 11.1. The number of nitro groups is 1. The highest BCUT2D eigenvalue weighted by Crippen LogP contribution is 2.20. The molecule has 0 radical (unpaired) electrons. The summed E-state index contributed by atoms with van der Waals surface area (Å²) in [7, 11) is -2.31. The first kappa shape index (κ1) is 21.1. The molecular weight excluding hydrogens is 432 g/mol. The number of hydrogen-bond donors (Lipinski definition) is 3. The lowest BCUT2D eigenvalue weighted by Gasteiger charge is -2.09. The number of H-pyrrole nitrogens is 1. The Morgan fingerprint density at radius 1 is 1.27 bits per heavy atom. The van der Waals surface area contributed by atoms with E-state index in [0.29, 0.717) is 16.2 Å². The number of carbonyl (C=O) groups excluding carboxylic acids is 1. The van der Waals surface area contributed by atoms with Gasteiger partial charge in [0.05, 0.1) is 16.4 Å². The highest BCUT2D eigenvalue weighted by molar-refractivity contribution is 7.92. The van der Waals surface area contributed by atoms with Gasteiger partial charge in [-0.3, -0.25) is 24.7 Å². The number of sulfonamides is 1. The lowest BCUT2D eigenvalue weighted by atomic mass is 10.2. The summed E-state index contributed by atoms with van der Waals surface area (Å²) in [4.78, 5) is 22.2. The van der Waals surface area contributed by atoms with E-state index in [1.54, 1.807) is 11.6 Å². The first-order valence-electron chi connectivity index (χ1n) is 8.43. The van der Waals surface area contributed by atoms with Crippen molar-refractivity contribution in [1.82, 2.24) is 20.1 Å². The average molecular weight is 448 g/mol. The minimum atomic E-state index is -4.03. The van der Waals surface area contributed by atoms with E-state index >= 15 is 0 Å². The molecule has 0 spiro atoms. The molecule has 0 aliphatic rings. The summed E-state index contributed by atoms with van der Waals surface area (Å²) in [5.41, 5.74) is 0.177. The van der Waals surface area contributed by atoms with Crippen LogP contribution in [0.5, 0.6) is 0 Å². The molecule has 0 fully saturated rings. The molecule has 0 saturated carbocycles. The summed E-state index contributed by atoms with van der Waals surface area (Å²) < 4.78 is 29.3. The van der Waals surface area contributed by atoms with Gasteiger partial charge in [0.25, 0.3) is 21.6 Å². The molecule has 2 aromatic carbocycles. The van der Waals surface area contributed by atoms with Gasteiger partial charge in [0.2, 0.25) is 0 Å². The Morgan fingerprint density at radius 3 is 2.57 bits per heavy atom. The molecule has 1 heterocycles. The van der Waals surface area contributed by atoms with Crippen molar-refractivity contribution in [2.24, 2.45) is 7.05 Å². The van der Waals surface area contributed by atoms with Gasteiger partial charge in [0, 0.05) is 30.4 Å². The topological polar surface area (TPSA) is 152 Å². The van der Waals surface area contributed by atoms with E-state index in [1.807, 2.05) is 0 Å². The summed E-state index contributed by atoms with van der Waals surface area (Å²) in [6.45, 7) is 0.156. The van der Waals surface area contributed by atoms with Gasteiger partial charge < -0.3 is 9.88 Å². The van der Waals surface area contributed by atoms with Crippen molar-refractivity contribution >= 4 is 39.5 Å². The molecule has 30 heavy (non-hydrogen) atoms. The van der Waals surface area contributed by atoms with Gasteiger partial charge in [0.15, 0.2) is 10.6 Å². The van der Waals surface area contributed by atoms with E-state index in [1.165, 1.54) is 42.5 Å². The van der Waals surface area contributed by atoms with Crippen LogP contribution in [0.15, 0.2) is 53.4 Å². The number of amides is 1. The monoisotopic (exact) mass is 448 g/mol. The fourth-order valence-corrected chi connectivity index (χ4v) is 3.72. The Hall–Kier alpha value is -3.58. The number of rotatable bonds is 7. The highest BCUT2D eigenvalue weighted by atomic mass is 32.2. The molecule has 0 unspecified atom stereocenters. The number of non-ortho nitro benzene ring substituents is 1. The van der Waals surface area contributed by atoms with Crippen LogP contribution in [0.3, 0.4) is 0 Å².